The molecule has 0 bridgehead atoms. The van der Waals surface area contributed by atoms with Crippen LogP contribution in [0.3, 0.4) is 0 Å². The lowest BCUT2D eigenvalue weighted by molar-refractivity contribution is -0.299. The van der Waals surface area contributed by atoms with Gasteiger partial charge in [0.1, 0.15) is 6.10 Å². The number of hydrogen-bond acceptors (Lipinski definition) is 6. The van der Waals surface area contributed by atoms with E-state index in [9.17, 15) is 10.0 Å². The first-order chi connectivity index (χ1) is 18.1. The highest BCUT2D eigenvalue weighted by Crippen LogP contribution is 2.38. The summed E-state index contributed by atoms with van der Waals surface area (Å²) >= 11 is 0. The Labute approximate surface area is 223 Å². The van der Waals surface area contributed by atoms with Crippen molar-refractivity contribution in [1.82, 2.24) is 15.0 Å². The molecule has 1 radical (unpaired) electrons. The molecule has 7 heteroatoms. The van der Waals surface area contributed by atoms with Gasteiger partial charge in [-0.3, -0.25) is 9.97 Å². The normalized spacial score (nSPS) is 16.3. The Morgan fingerprint density at radius 1 is 0.842 bits per heavy atom. The van der Waals surface area contributed by atoms with Gasteiger partial charge in [-0.05, 0) is 64.1 Å². The minimum atomic E-state index is -0.640. The zero-order valence-corrected chi connectivity index (χ0v) is 22.0. The fourth-order valence-electron chi connectivity index (χ4n) is 4.64. The number of piperidine rings is 1. The van der Waals surface area contributed by atoms with E-state index in [4.69, 9.17) is 9.47 Å². The number of carbonyl (C=O) groups is 1. The Balaban J connectivity index is 1.56. The quantitative estimate of drug-likeness (QED) is 0.379. The van der Waals surface area contributed by atoms with Gasteiger partial charge in [-0.15, -0.1) is 10.3 Å². The third-order valence-electron chi connectivity index (χ3n) is 6.25. The average Bonchev–Trinajstić information content (AvgIpc) is 2.89. The molecule has 0 N–H and O–H groups in total. The van der Waals surface area contributed by atoms with Gasteiger partial charge in [0.05, 0.1) is 11.1 Å². The first kappa shape index (κ1) is 26.9. The lowest BCUT2D eigenvalue weighted by atomic mass is 9.80. The van der Waals surface area contributed by atoms with Crippen LogP contribution in [0.2, 0.25) is 0 Å². The van der Waals surface area contributed by atoms with Crippen LogP contribution in [0, 0.1) is 23.7 Å². The molecule has 0 saturated carbocycles. The van der Waals surface area contributed by atoms with Crippen LogP contribution in [0.15, 0.2) is 67.3 Å². The number of rotatable bonds is 4. The van der Waals surface area contributed by atoms with Crippen LogP contribution in [0.1, 0.15) is 62.8 Å². The molecule has 4 rings (SSSR count). The van der Waals surface area contributed by atoms with Crippen molar-refractivity contribution < 1.29 is 19.5 Å². The fraction of sp³-hybridized carbons (Fsp3) is 0.323. The van der Waals surface area contributed by atoms with Crippen LogP contribution in [0.25, 0.3) is 0 Å². The zero-order chi connectivity index (χ0) is 27.2. The van der Waals surface area contributed by atoms with Gasteiger partial charge in [0.25, 0.3) is 0 Å². The summed E-state index contributed by atoms with van der Waals surface area (Å²) in [5.74, 6) is 12.4. The Hall–Kier alpha value is -4.17. The molecule has 38 heavy (non-hydrogen) atoms. The molecule has 7 nitrogen and oxygen atoms in total. The van der Waals surface area contributed by atoms with Gasteiger partial charge in [0, 0.05) is 59.8 Å². The first-order valence-electron chi connectivity index (χ1n) is 12.4. The smallest absolute Gasteiger partial charge is 0.344 e. The highest BCUT2D eigenvalue weighted by Gasteiger charge is 2.47. The predicted molar refractivity (Wildman–Crippen MR) is 142 cm³/mol. The molecule has 1 aliphatic heterocycles. The van der Waals surface area contributed by atoms with Gasteiger partial charge in [-0.1, -0.05) is 29.7 Å². The van der Waals surface area contributed by atoms with E-state index in [0.29, 0.717) is 29.7 Å². The maximum absolute atomic E-state index is 12.8. The van der Waals surface area contributed by atoms with Crippen LogP contribution in [0.5, 0.6) is 5.75 Å². The van der Waals surface area contributed by atoms with E-state index in [0.717, 1.165) is 16.2 Å². The molecule has 0 aliphatic carbocycles. The van der Waals surface area contributed by atoms with E-state index in [2.05, 4.69) is 33.6 Å². The second-order valence-electron chi connectivity index (χ2n) is 10.4. The molecule has 0 amide bonds. The largest absolute Gasteiger partial charge is 0.479 e. The molecule has 1 fully saturated rings. The number of ether oxygens (including phenoxy) is 2. The highest BCUT2D eigenvalue weighted by atomic mass is 16.6. The summed E-state index contributed by atoms with van der Waals surface area (Å²) in [6.45, 7) is 7.15. The molecule has 1 saturated heterocycles. The molecule has 1 aromatic carbocycles. The van der Waals surface area contributed by atoms with Crippen LogP contribution in [0.4, 0.5) is 0 Å². The van der Waals surface area contributed by atoms with E-state index in [1.54, 1.807) is 24.8 Å². The Bertz CT molecular complexity index is 1300. The Morgan fingerprint density at radius 2 is 1.32 bits per heavy atom. The molecule has 2 aromatic heterocycles. The minimum Gasteiger partial charge on any atom is -0.479 e. The molecule has 1 aliphatic rings. The number of para-hydroxylation sites is 1. The standard InChI is InChI=1S/C31H30N3O4/c1-30(2)20-27(21-31(3,4)34(30)36)38-28(35)22-37-29-25(10-8-23-12-16-32-17-13-23)6-5-7-26(29)11-9-24-14-18-33-19-15-24/h5-7,12-19,27H,20-22H2,1-4H3. The Morgan fingerprint density at radius 3 is 1.79 bits per heavy atom. The summed E-state index contributed by atoms with van der Waals surface area (Å²) in [6, 6.07) is 12.7. The number of carbonyl (C=O) groups excluding carboxylic acids is 1. The number of esters is 1. The van der Waals surface area contributed by atoms with Gasteiger partial charge >= 0.3 is 5.97 Å². The zero-order valence-electron chi connectivity index (χ0n) is 22.0. The van der Waals surface area contributed by atoms with Crippen LogP contribution >= 0.6 is 0 Å². The van der Waals surface area contributed by atoms with Gasteiger partial charge in [0.15, 0.2) is 12.4 Å². The summed E-state index contributed by atoms with van der Waals surface area (Å²) in [4.78, 5) is 20.9. The van der Waals surface area contributed by atoms with E-state index < -0.39 is 17.0 Å². The highest BCUT2D eigenvalue weighted by molar-refractivity contribution is 5.72. The predicted octanol–water partition coefficient (Wildman–Crippen LogP) is 4.57. The van der Waals surface area contributed by atoms with Gasteiger partial charge in [-0.2, -0.15) is 0 Å². The maximum atomic E-state index is 12.8. The van der Waals surface area contributed by atoms with Crippen molar-refractivity contribution in [3.63, 3.8) is 0 Å². The van der Waals surface area contributed by atoms with Crippen molar-refractivity contribution in [3.05, 3.63) is 89.5 Å². The number of hydroxylamine groups is 2. The third-order valence-corrected chi connectivity index (χ3v) is 6.25. The minimum absolute atomic E-state index is 0.309. The van der Waals surface area contributed by atoms with Crippen LogP contribution in [-0.2, 0) is 14.7 Å². The van der Waals surface area contributed by atoms with Crippen molar-refractivity contribution in [3.8, 4) is 29.4 Å². The molecule has 0 spiro atoms. The summed E-state index contributed by atoms with van der Waals surface area (Å²) in [5, 5.41) is 13.7. The second kappa shape index (κ2) is 11.5. The SMILES string of the molecule is CC1(C)CC(OC(=O)COc2c(C#Cc3ccncc3)cccc2C#Cc2ccncc2)CC(C)(C)N1[O]. The summed E-state index contributed by atoms with van der Waals surface area (Å²) in [7, 11) is 0. The van der Waals surface area contributed by atoms with Crippen molar-refractivity contribution in [1.29, 1.82) is 0 Å². The topological polar surface area (TPSA) is 84.4 Å². The van der Waals surface area contributed by atoms with E-state index in [-0.39, 0.29) is 12.7 Å². The number of nitrogens with zero attached hydrogens (tertiary/aromatic N) is 3. The molecule has 0 atom stereocenters. The van der Waals surface area contributed by atoms with E-state index in [1.165, 1.54) is 0 Å². The van der Waals surface area contributed by atoms with Crippen LogP contribution in [-0.4, -0.2) is 44.8 Å². The summed E-state index contributed by atoms with van der Waals surface area (Å²) in [5.41, 5.74) is 1.51. The maximum Gasteiger partial charge on any atom is 0.344 e. The third kappa shape index (κ3) is 6.77. The summed E-state index contributed by atoms with van der Waals surface area (Å²) in [6.07, 6.45) is 7.21. The average molecular weight is 509 g/mol. The monoisotopic (exact) mass is 508 g/mol. The lowest BCUT2D eigenvalue weighted by Gasteiger charge is -2.49. The summed E-state index contributed by atoms with van der Waals surface area (Å²) < 4.78 is 11.8. The number of benzene rings is 1. The molecular formula is C31H30N3O4. The molecular weight excluding hydrogens is 478 g/mol. The molecule has 0 unspecified atom stereocenters. The van der Waals surface area contributed by atoms with Crippen molar-refractivity contribution in [2.75, 3.05) is 6.61 Å². The van der Waals surface area contributed by atoms with Crippen LogP contribution < -0.4 is 4.74 Å². The van der Waals surface area contributed by atoms with Crippen molar-refractivity contribution >= 4 is 5.97 Å². The first-order valence-corrected chi connectivity index (χ1v) is 12.4. The van der Waals surface area contributed by atoms with Gasteiger partial charge in [-0.25, -0.2) is 4.79 Å². The number of hydrogen-bond donors (Lipinski definition) is 0. The Kier molecular flexibility index (Phi) is 8.12. The lowest BCUT2D eigenvalue weighted by Crippen LogP contribution is -2.60. The van der Waals surface area contributed by atoms with Crippen molar-refractivity contribution in [2.24, 2.45) is 0 Å². The molecule has 193 valence electrons. The molecule has 3 aromatic rings. The second-order valence-corrected chi connectivity index (χ2v) is 10.4. The molecule has 3 heterocycles. The number of aromatic nitrogens is 2. The fourth-order valence-corrected chi connectivity index (χ4v) is 4.64. The van der Waals surface area contributed by atoms with Gasteiger partial charge < -0.3 is 9.47 Å². The van der Waals surface area contributed by atoms with E-state index >= 15 is 0 Å². The van der Waals surface area contributed by atoms with Crippen molar-refractivity contribution in [2.45, 2.75) is 57.7 Å². The number of pyridine rings is 2. The van der Waals surface area contributed by atoms with Gasteiger partial charge in [0.2, 0.25) is 0 Å². The van der Waals surface area contributed by atoms with E-state index in [1.807, 2.05) is 70.2 Å².